The zero-order chi connectivity index (χ0) is 24.9. The molecule has 11 heteroatoms. The SMILES string of the molecule is NC(=O)c1nsc(C(=O)N(Cc2ccccc2Cl)[C@@H](C(=O)NC2CCCCC2)c2cccs2)c1N. The molecule has 5 N–H and O–H groups in total. The first-order chi connectivity index (χ1) is 16.9. The van der Waals surface area contributed by atoms with E-state index in [1.807, 2.05) is 23.6 Å². The van der Waals surface area contributed by atoms with Crippen LogP contribution in [0, 0.1) is 0 Å². The molecule has 1 aliphatic rings. The van der Waals surface area contributed by atoms with E-state index in [4.69, 9.17) is 23.1 Å². The van der Waals surface area contributed by atoms with E-state index in [0.29, 0.717) is 15.5 Å². The molecule has 0 saturated heterocycles. The zero-order valence-electron chi connectivity index (χ0n) is 18.9. The number of aromatic nitrogens is 1. The number of rotatable bonds is 8. The van der Waals surface area contributed by atoms with Crippen LogP contribution in [-0.4, -0.2) is 33.0 Å². The van der Waals surface area contributed by atoms with E-state index in [9.17, 15) is 14.4 Å². The van der Waals surface area contributed by atoms with Crippen LogP contribution >= 0.6 is 34.5 Å². The highest BCUT2D eigenvalue weighted by atomic mass is 35.5. The molecule has 1 saturated carbocycles. The van der Waals surface area contributed by atoms with Gasteiger partial charge >= 0.3 is 0 Å². The van der Waals surface area contributed by atoms with Gasteiger partial charge in [-0.25, -0.2) is 0 Å². The second-order valence-corrected chi connectivity index (χ2v) is 10.6. The van der Waals surface area contributed by atoms with Gasteiger partial charge in [0, 0.05) is 22.5 Å². The van der Waals surface area contributed by atoms with E-state index >= 15 is 0 Å². The van der Waals surface area contributed by atoms with Crippen LogP contribution in [-0.2, 0) is 11.3 Å². The molecule has 1 atom stereocenters. The Bertz CT molecular complexity index is 1210. The Balaban J connectivity index is 1.75. The Morgan fingerprint density at radius 3 is 2.51 bits per heavy atom. The molecule has 184 valence electrons. The number of hydrogen-bond donors (Lipinski definition) is 3. The predicted molar refractivity (Wildman–Crippen MR) is 138 cm³/mol. The molecule has 2 aromatic heterocycles. The maximum atomic E-state index is 13.9. The van der Waals surface area contributed by atoms with Crippen molar-refractivity contribution in [2.24, 2.45) is 5.73 Å². The monoisotopic (exact) mass is 531 g/mol. The van der Waals surface area contributed by atoms with Gasteiger partial charge in [-0.15, -0.1) is 11.3 Å². The van der Waals surface area contributed by atoms with Gasteiger partial charge < -0.3 is 21.7 Å². The molecule has 35 heavy (non-hydrogen) atoms. The van der Waals surface area contributed by atoms with Gasteiger partial charge in [0.05, 0.1) is 5.69 Å². The summed E-state index contributed by atoms with van der Waals surface area (Å²) in [6.07, 6.45) is 5.09. The first-order valence-corrected chi connectivity index (χ1v) is 13.3. The van der Waals surface area contributed by atoms with Crippen LogP contribution in [0.15, 0.2) is 41.8 Å². The number of anilines is 1. The zero-order valence-corrected chi connectivity index (χ0v) is 21.3. The van der Waals surface area contributed by atoms with Crippen LogP contribution in [0.1, 0.15) is 68.7 Å². The highest BCUT2D eigenvalue weighted by molar-refractivity contribution is 7.10. The normalized spacial score (nSPS) is 14.9. The Hall–Kier alpha value is -2.95. The number of thiophene rings is 1. The minimum Gasteiger partial charge on any atom is -0.395 e. The molecule has 0 spiro atoms. The number of nitrogen functional groups attached to an aromatic ring is 1. The molecule has 0 radical (unpaired) electrons. The lowest BCUT2D eigenvalue weighted by atomic mass is 9.95. The van der Waals surface area contributed by atoms with Gasteiger partial charge in [-0.05, 0) is 47.5 Å². The lowest BCUT2D eigenvalue weighted by Crippen LogP contribution is -2.46. The fraction of sp³-hybridized carbons (Fsp3) is 0.333. The molecule has 0 aliphatic heterocycles. The van der Waals surface area contributed by atoms with E-state index < -0.39 is 17.9 Å². The van der Waals surface area contributed by atoms with Crippen molar-refractivity contribution in [3.8, 4) is 0 Å². The van der Waals surface area contributed by atoms with Crippen LogP contribution < -0.4 is 16.8 Å². The summed E-state index contributed by atoms with van der Waals surface area (Å²) in [4.78, 5) is 41.5. The fourth-order valence-corrected chi connectivity index (χ4v) is 6.04. The molecular formula is C24H26ClN5O3S2. The number of nitrogens with two attached hydrogens (primary N) is 2. The molecule has 3 aromatic rings. The Morgan fingerprint density at radius 1 is 1.14 bits per heavy atom. The molecule has 8 nitrogen and oxygen atoms in total. The van der Waals surface area contributed by atoms with Gasteiger partial charge in [-0.3, -0.25) is 14.4 Å². The van der Waals surface area contributed by atoms with Gasteiger partial charge in [0.15, 0.2) is 5.69 Å². The van der Waals surface area contributed by atoms with Crippen molar-refractivity contribution in [3.63, 3.8) is 0 Å². The van der Waals surface area contributed by atoms with E-state index in [-0.39, 0.29) is 34.8 Å². The fourth-order valence-electron chi connectivity index (χ4n) is 4.25. The minimum atomic E-state index is -0.917. The van der Waals surface area contributed by atoms with Gasteiger partial charge in [0.25, 0.3) is 11.8 Å². The highest BCUT2D eigenvalue weighted by Crippen LogP contribution is 2.33. The smallest absolute Gasteiger partial charge is 0.270 e. The van der Waals surface area contributed by atoms with Gasteiger partial charge in [0.2, 0.25) is 5.91 Å². The molecule has 0 bridgehead atoms. The lowest BCUT2D eigenvalue weighted by Gasteiger charge is -2.32. The van der Waals surface area contributed by atoms with Gasteiger partial charge in [-0.2, -0.15) is 4.37 Å². The molecule has 2 heterocycles. The number of benzene rings is 1. The number of carbonyl (C=O) groups excluding carboxylic acids is 3. The Morgan fingerprint density at radius 2 is 1.89 bits per heavy atom. The van der Waals surface area contributed by atoms with Crippen molar-refractivity contribution < 1.29 is 14.4 Å². The summed E-state index contributed by atoms with van der Waals surface area (Å²) >= 11 is 8.60. The summed E-state index contributed by atoms with van der Waals surface area (Å²) in [5.41, 5.74) is 11.9. The van der Waals surface area contributed by atoms with Crippen LogP contribution in [0.5, 0.6) is 0 Å². The van der Waals surface area contributed by atoms with Gasteiger partial charge in [0.1, 0.15) is 10.9 Å². The minimum absolute atomic E-state index is 0.0536. The lowest BCUT2D eigenvalue weighted by molar-refractivity contribution is -0.127. The number of primary amides is 1. The number of halogens is 1. The second kappa shape index (κ2) is 11.2. The molecular weight excluding hydrogens is 506 g/mol. The van der Waals surface area contributed by atoms with Crippen LogP contribution in [0.4, 0.5) is 5.69 Å². The highest BCUT2D eigenvalue weighted by Gasteiger charge is 2.36. The summed E-state index contributed by atoms with van der Waals surface area (Å²) in [5, 5.41) is 5.49. The summed E-state index contributed by atoms with van der Waals surface area (Å²) in [6.45, 7) is 0.0579. The van der Waals surface area contributed by atoms with E-state index in [1.165, 1.54) is 16.2 Å². The topological polar surface area (TPSA) is 131 Å². The summed E-state index contributed by atoms with van der Waals surface area (Å²) < 4.78 is 3.97. The molecule has 1 aromatic carbocycles. The van der Waals surface area contributed by atoms with E-state index in [2.05, 4.69) is 9.69 Å². The first kappa shape index (κ1) is 25.2. The number of nitrogens with one attached hydrogen (secondary N) is 1. The second-order valence-electron chi connectivity index (χ2n) is 8.42. The summed E-state index contributed by atoms with van der Waals surface area (Å²) in [5.74, 6) is -1.61. The Labute approximate surface area is 216 Å². The predicted octanol–water partition coefficient (Wildman–Crippen LogP) is 4.37. The van der Waals surface area contributed by atoms with Crippen molar-refractivity contribution in [3.05, 3.63) is 67.8 Å². The van der Waals surface area contributed by atoms with Crippen molar-refractivity contribution >= 4 is 57.9 Å². The van der Waals surface area contributed by atoms with Crippen LogP contribution in [0.3, 0.4) is 0 Å². The third kappa shape index (κ3) is 5.66. The molecule has 0 unspecified atom stereocenters. The quantitative estimate of drug-likeness (QED) is 0.397. The first-order valence-electron chi connectivity index (χ1n) is 11.3. The molecule has 1 fully saturated rings. The number of carbonyl (C=O) groups is 3. The third-order valence-corrected chi connectivity index (χ3v) is 8.18. The van der Waals surface area contributed by atoms with E-state index in [0.717, 1.165) is 43.6 Å². The maximum absolute atomic E-state index is 13.9. The average Bonchev–Trinajstić information content (AvgIpc) is 3.50. The maximum Gasteiger partial charge on any atom is 0.270 e. The average molecular weight is 532 g/mol. The summed E-state index contributed by atoms with van der Waals surface area (Å²) in [6, 6.07) is 9.96. The summed E-state index contributed by atoms with van der Waals surface area (Å²) in [7, 11) is 0. The third-order valence-electron chi connectivity index (χ3n) is 6.04. The van der Waals surface area contributed by atoms with E-state index in [1.54, 1.807) is 18.2 Å². The molecule has 4 rings (SSSR count). The van der Waals surface area contributed by atoms with Crippen molar-refractivity contribution in [2.75, 3.05) is 5.73 Å². The number of nitrogens with zero attached hydrogens (tertiary/aromatic N) is 2. The number of hydrogen-bond acceptors (Lipinski definition) is 7. The van der Waals surface area contributed by atoms with Crippen molar-refractivity contribution in [1.29, 1.82) is 0 Å². The van der Waals surface area contributed by atoms with Crippen molar-refractivity contribution in [1.82, 2.24) is 14.6 Å². The largest absolute Gasteiger partial charge is 0.395 e. The number of amides is 3. The molecule has 3 amide bonds. The Kier molecular flexibility index (Phi) is 8.04. The van der Waals surface area contributed by atoms with Crippen LogP contribution in [0.2, 0.25) is 5.02 Å². The standard InChI is InChI=1S/C24H26ClN5O3S2/c25-16-10-5-4-7-14(16)13-30(24(33)21-18(26)19(22(27)31)29-35-21)20(17-11-6-12-34-17)23(32)28-15-8-2-1-3-9-15/h4-7,10-12,15,20H,1-3,8-9,13,26H2,(H2,27,31)(H,28,32)/t20-/m1/s1. The molecule has 1 aliphatic carbocycles. The van der Waals surface area contributed by atoms with Crippen LogP contribution in [0.25, 0.3) is 0 Å². The van der Waals surface area contributed by atoms with Gasteiger partial charge in [-0.1, -0.05) is 55.1 Å². The van der Waals surface area contributed by atoms with Crippen molar-refractivity contribution in [2.45, 2.75) is 50.7 Å².